The van der Waals surface area contributed by atoms with Crippen LogP contribution in [0.5, 0.6) is 0 Å². The first kappa shape index (κ1) is 13.9. The van der Waals surface area contributed by atoms with Crippen LogP contribution in [0.15, 0.2) is 42.5 Å². The number of ether oxygens (including phenoxy) is 1. The SMILES string of the molecule is COCc1cccc(Nc2ccc(N)cc2C(N)=O)c1. The molecule has 2 rings (SSSR count). The number of rotatable bonds is 5. The van der Waals surface area contributed by atoms with E-state index in [1.54, 1.807) is 25.3 Å². The summed E-state index contributed by atoms with van der Waals surface area (Å²) in [6, 6.07) is 12.7. The lowest BCUT2D eigenvalue weighted by Crippen LogP contribution is -2.13. The second kappa shape index (κ2) is 6.08. The van der Waals surface area contributed by atoms with Gasteiger partial charge < -0.3 is 21.5 Å². The van der Waals surface area contributed by atoms with Crippen LogP contribution >= 0.6 is 0 Å². The first-order valence-electron chi connectivity index (χ1n) is 6.14. The third-order valence-electron chi connectivity index (χ3n) is 2.83. The van der Waals surface area contributed by atoms with Gasteiger partial charge in [0.2, 0.25) is 0 Å². The van der Waals surface area contributed by atoms with Crippen molar-refractivity contribution in [2.45, 2.75) is 6.61 Å². The second-order valence-electron chi connectivity index (χ2n) is 4.43. The van der Waals surface area contributed by atoms with Crippen molar-refractivity contribution in [3.05, 3.63) is 53.6 Å². The van der Waals surface area contributed by atoms with E-state index in [1.807, 2.05) is 24.3 Å². The minimum Gasteiger partial charge on any atom is -0.399 e. The van der Waals surface area contributed by atoms with E-state index in [0.717, 1.165) is 11.3 Å². The Morgan fingerprint density at radius 3 is 2.75 bits per heavy atom. The number of hydrogen-bond acceptors (Lipinski definition) is 4. The number of nitrogens with two attached hydrogens (primary N) is 2. The Hall–Kier alpha value is -2.53. The molecule has 0 radical (unpaired) electrons. The van der Waals surface area contributed by atoms with Gasteiger partial charge in [-0.2, -0.15) is 0 Å². The zero-order chi connectivity index (χ0) is 14.5. The fourth-order valence-electron chi connectivity index (χ4n) is 1.94. The molecular weight excluding hydrogens is 254 g/mol. The molecule has 0 aliphatic heterocycles. The maximum absolute atomic E-state index is 11.4. The van der Waals surface area contributed by atoms with Crippen molar-refractivity contribution in [2.24, 2.45) is 5.73 Å². The number of carbonyl (C=O) groups is 1. The lowest BCUT2D eigenvalue weighted by atomic mass is 10.1. The molecule has 0 aromatic heterocycles. The number of hydrogen-bond donors (Lipinski definition) is 3. The molecule has 5 heteroatoms. The van der Waals surface area contributed by atoms with E-state index in [-0.39, 0.29) is 0 Å². The number of amides is 1. The Morgan fingerprint density at radius 1 is 1.25 bits per heavy atom. The molecule has 0 saturated heterocycles. The molecule has 5 nitrogen and oxygen atoms in total. The molecule has 0 saturated carbocycles. The molecular formula is C15H17N3O2. The summed E-state index contributed by atoms with van der Waals surface area (Å²) in [6.07, 6.45) is 0. The van der Waals surface area contributed by atoms with Crippen LogP contribution in [0.1, 0.15) is 15.9 Å². The maximum atomic E-state index is 11.4. The summed E-state index contributed by atoms with van der Waals surface area (Å²) in [5, 5.41) is 3.17. The maximum Gasteiger partial charge on any atom is 0.250 e. The molecule has 0 aliphatic rings. The molecule has 0 fully saturated rings. The van der Waals surface area contributed by atoms with Crippen molar-refractivity contribution >= 4 is 23.0 Å². The Bertz CT molecular complexity index is 626. The monoisotopic (exact) mass is 271 g/mol. The fraction of sp³-hybridized carbons (Fsp3) is 0.133. The minimum atomic E-state index is -0.521. The number of nitrogens with one attached hydrogen (secondary N) is 1. The number of methoxy groups -OCH3 is 1. The summed E-state index contributed by atoms with van der Waals surface area (Å²) in [5.41, 5.74) is 14.4. The van der Waals surface area contributed by atoms with Crippen molar-refractivity contribution < 1.29 is 9.53 Å². The average Bonchev–Trinajstić information content (AvgIpc) is 2.41. The Balaban J connectivity index is 2.30. The molecule has 5 N–H and O–H groups in total. The predicted molar refractivity (Wildman–Crippen MR) is 79.8 cm³/mol. The van der Waals surface area contributed by atoms with Gasteiger partial charge in [-0.05, 0) is 35.9 Å². The van der Waals surface area contributed by atoms with Crippen molar-refractivity contribution in [1.82, 2.24) is 0 Å². The molecule has 0 atom stereocenters. The smallest absolute Gasteiger partial charge is 0.250 e. The van der Waals surface area contributed by atoms with Crippen LogP contribution in [0.25, 0.3) is 0 Å². The van der Waals surface area contributed by atoms with Crippen LogP contribution < -0.4 is 16.8 Å². The highest BCUT2D eigenvalue weighted by molar-refractivity contribution is 6.00. The van der Waals surface area contributed by atoms with E-state index < -0.39 is 5.91 Å². The quantitative estimate of drug-likeness (QED) is 0.727. The summed E-state index contributed by atoms with van der Waals surface area (Å²) in [4.78, 5) is 11.4. The van der Waals surface area contributed by atoms with Gasteiger partial charge in [0.15, 0.2) is 0 Å². The lowest BCUT2D eigenvalue weighted by Gasteiger charge is -2.12. The van der Waals surface area contributed by atoms with Gasteiger partial charge >= 0.3 is 0 Å². The van der Waals surface area contributed by atoms with Crippen molar-refractivity contribution in [3.63, 3.8) is 0 Å². The van der Waals surface area contributed by atoms with Crippen molar-refractivity contribution in [3.8, 4) is 0 Å². The van der Waals surface area contributed by atoms with Gasteiger partial charge in [-0.3, -0.25) is 4.79 Å². The van der Waals surface area contributed by atoms with Crippen molar-refractivity contribution in [1.29, 1.82) is 0 Å². The second-order valence-corrected chi connectivity index (χ2v) is 4.43. The first-order chi connectivity index (χ1) is 9.60. The summed E-state index contributed by atoms with van der Waals surface area (Å²) >= 11 is 0. The Labute approximate surface area is 117 Å². The molecule has 0 spiro atoms. The summed E-state index contributed by atoms with van der Waals surface area (Å²) in [5.74, 6) is -0.521. The highest BCUT2D eigenvalue weighted by Gasteiger charge is 2.09. The molecule has 2 aromatic carbocycles. The average molecular weight is 271 g/mol. The molecule has 104 valence electrons. The van der Waals surface area contributed by atoms with E-state index >= 15 is 0 Å². The highest BCUT2D eigenvalue weighted by Crippen LogP contribution is 2.23. The number of nitrogen functional groups attached to an aromatic ring is 1. The molecule has 0 aliphatic carbocycles. The zero-order valence-corrected chi connectivity index (χ0v) is 11.2. The summed E-state index contributed by atoms with van der Waals surface area (Å²) in [6.45, 7) is 0.528. The third-order valence-corrected chi connectivity index (χ3v) is 2.83. The van der Waals surface area contributed by atoms with Crippen molar-refractivity contribution in [2.75, 3.05) is 18.2 Å². The lowest BCUT2D eigenvalue weighted by molar-refractivity contribution is 0.100. The van der Waals surface area contributed by atoms with Gasteiger partial charge in [0.25, 0.3) is 5.91 Å². The van der Waals surface area contributed by atoms with Gasteiger partial charge in [-0.25, -0.2) is 0 Å². The fourth-order valence-corrected chi connectivity index (χ4v) is 1.94. The standard InChI is InChI=1S/C15H17N3O2/c1-20-9-10-3-2-4-12(7-10)18-14-6-5-11(16)8-13(14)15(17)19/h2-8,18H,9,16H2,1H3,(H2,17,19). The van der Waals surface area contributed by atoms with Gasteiger partial charge in [0.05, 0.1) is 17.9 Å². The molecule has 20 heavy (non-hydrogen) atoms. The van der Waals surface area contributed by atoms with Gasteiger partial charge in [-0.15, -0.1) is 0 Å². The topological polar surface area (TPSA) is 90.4 Å². The Morgan fingerprint density at radius 2 is 2.05 bits per heavy atom. The molecule has 0 unspecified atom stereocenters. The van der Waals surface area contributed by atoms with Gasteiger partial charge in [0.1, 0.15) is 0 Å². The molecule has 2 aromatic rings. The molecule has 0 bridgehead atoms. The summed E-state index contributed by atoms with van der Waals surface area (Å²) in [7, 11) is 1.64. The van der Waals surface area contributed by atoms with Gasteiger partial charge in [0, 0.05) is 18.5 Å². The van der Waals surface area contributed by atoms with Crippen LogP contribution in [0.3, 0.4) is 0 Å². The number of primary amides is 1. The van der Waals surface area contributed by atoms with E-state index in [9.17, 15) is 4.79 Å². The summed E-state index contributed by atoms with van der Waals surface area (Å²) < 4.78 is 5.09. The van der Waals surface area contributed by atoms with E-state index in [4.69, 9.17) is 16.2 Å². The van der Waals surface area contributed by atoms with E-state index in [2.05, 4.69) is 5.32 Å². The van der Waals surface area contributed by atoms with E-state index in [0.29, 0.717) is 23.5 Å². The normalized spacial score (nSPS) is 10.2. The molecule has 1 amide bonds. The van der Waals surface area contributed by atoms with Crippen LogP contribution in [-0.2, 0) is 11.3 Å². The number of benzene rings is 2. The first-order valence-corrected chi connectivity index (χ1v) is 6.14. The van der Waals surface area contributed by atoms with Gasteiger partial charge in [-0.1, -0.05) is 12.1 Å². The number of anilines is 3. The number of carbonyl (C=O) groups excluding carboxylic acids is 1. The van der Waals surface area contributed by atoms with Crippen LogP contribution in [0.4, 0.5) is 17.1 Å². The minimum absolute atomic E-state index is 0.363. The predicted octanol–water partition coefficient (Wildman–Crippen LogP) is 2.26. The molecule has 0 heterocycles. The zero-order valence-electron chi connectivity index (χ0n) is 11.2. The van der Waals surface area contributed by atoms with Crippen LogP contribution in [0, 0.1) is 0 Å². The highest BCUT2D eigenvalue weighted by atomic mass is 16.5. The van der Waals surface area contributed by atoms with E-state index in [1.165, 1.54) is 0 Å². The Kier molecular flexibility index (Phi) is 4.22. The van der Waals surface area contributed by atoms with Crippen LogP contribution in [0.2, 0.25) is 0 Å². The third kappa shape index (κ3) is 3.27. The largest absolute Gasteiger partial charge is 0.399 e. The van der Waals surface area contributed by atoms with Crippen LogP contribution in [-0.4, -0.2) is 13.0 Å².